The van der Waals surface area contributed by atoms with Crippen molar-refractivity contribution in [3.63, 3.8) is 0 Å². The minimum absolute atomic E-state index is 0.249. The van der Waals surface area contributed by atoms with E-state index in [2.05, 4.69) is 0 Å². The lowest BCUT2D eigenvalue weighted by Gasteiger charge is -2.49. The van der Waals surface area contributed by atoms with Crippen LogP contribution in [0.3, 0.4) is 0 Å². The summed E-state index contributed by atoms with van der Waals surface area (Å²) in [7, 11) is 0. The van der Waals surface area contributed by atoms with Gasteiger partial charge in [0.15, 0.2) is 0 Å². The highest BCUT2D eigenvalue weighted by molar-refractivity contribution is 5.88. The first-order valence-corrected chi connectivity index (χ1v) is 7.29. The fraction of sp³-hybridized carbons (Fsp3) is 0.222. The second-order valence-corrected chi connectivity index (χ2v) is 5.73. The van der Waals surface area contributed by atoms with E-state index in [1.54, 1.807) is 0 Å². The van der Waals surface area contributed by atoms with Crippen LogP contribution in [-0.2, 0) is 9.59 Å². The highest BCUT2D eigenvalue weighted by Gasteiger charge is 2.56. The van der Waals surface area contributed by atoms with Crippen LogP contribution < -0.4 is 11.5 Å². The molecule has 4 N–H and O–H groups in total. The third-order valence-electron chi connectivity index (χ3n) is 4.57. The number of hydrogen-bond acceptors (Lipinski definition) is 2. The number of amides is 2. The Morgan fingerprint density at radius 2 is 0.955 bits per heavy atom. The van der Waals surface area contributed by atoms with E-state index in [9.17, 15) is 9.59 Å². The number of carbonyl (C=O) groups excluding carboxylic acids is 2. The molecule has 0 heterocycles. The van der Waals surface area contributed by atoms with Gasteiger partial charge in [0.05, 0.1) is 11.8 Å². The zero-order valence-corrected chi connectivity index (χ0v) is 12.1. The lowest BCUT2D eigenvalue weighted by molar-refractivity contribution is -0.136. The maximum atomic E-state index is 12.0. The van der Waals surface area contributed by atoms with Crippen molar-refractivity contribution in [2.75, 3.05) is 0 Å². The summed E-state index contributed by atoms with van der Waals surface area (Å²) in [5, 5.41) is 0. The van der Waals surface area contributed by atoms with Crippen molar-refractivity contribution in [3.8, 4) is 0 Å². The molecule has 1 aliphatic carbocycles. The summed E-state index contributed by atoms with van der Waals surface area (Å²) in [5.41, 5.74) is 13.1. The van der Waals surface area contributed by atoms with Crippen molar-refractivity contribution in [2.24, 2.45) is 23.3 Å². The summed E-state index contributed by atoms with van der Waals surface area (Å²) in [5.74, 6) is -2.10. The van der Waals surface area contributed by atoms with E-state index in [1.807, 2.05) is 60.7 Å². The smallest absolute Gasteiger partial charge is 0.221 e. The summed E-state index contributed by atoms with van der Waals surface area (Å²) < 4.78 is 0. The van der Waals surface area contributed by atoms with E-state index >= 15 is 0 Å². The molecule has 0 bridgehead atoms. The van der Waals surface area contributed by atoms with Crippen molar-refractivity contribution >= 4 is 11.8 Å². The van der Waals surface area contributed by atoms with Gasteiger partial charge in [-0.15, -0.1) is 0 Å². The highest BCUT2D eigenvalue weighted by Crippen LogP contribution is 2.57. The predicted octanol–water partition coefficient (Wildman–Crippen LogP) is 1.77. The van der Waals surface area contributed by atoms with Crippen molar-refractivity contribution in [1.82, 2.24) is 0 Å². The average molecular weight is 294 g/mol. The third-order valence-corrected chi connectivity index (χ3v) is 4.57. The average Bonchev–Trinajstić information content (AvgIpc) is 2.47. The fourth-order valence-corrected chi connectivity index (χ4v) is 3.64. The van der Waals surface area contributed by atoms with Gasteiger partial charge in [0, 0.05) is 11.8 Å². The highest BCUT2D eigenvalue weighted by atomic mass is 16.2. The van der Waals surface area contributed by atoms with Gasteiger partial charge in [-0.05, 0) is 11.1 Å². The summed E-state index contributed by atoms with van der Waals surface area (Å²) in [6.07, 6.45) is 0. The molecule has 2 amide bonds. The van der Waals surface area contributed by atoms with Gasteiger partial charge in [-0.1, -0.05) is 60.7 Å². The van der Waals surface area contributed by atoms with Crippen molar-refractivity contribution in [1.29, 1.82) is 0 Å². The van der Waals surface area contributed by atoms with Crippen LogP contribution in [0.5, 0.6) is 0 Å². The minimum atomic E-state index is -0.415. The SMILES string of the molecule is NC(=O)C1C(c2ccccc2)C(C(N)=O)C1c1ccccc1. The molecule has 112 valence electrons. The molecule has 4 nitrogen and oxygen atoms in total. The Kier molecular flexibility index (Phi) is 3.67. The van der Waals surface area contributed by atoms with E-state index in [0.29, 0.717) is 0 Å². The van der Waals surface area contributed by atoms with Crippen LogP contribution in [0.15, 0.2) is 60.7 Å². The number of benzene rings is 2. The quantitative estimate of drug-likeness (QED) is 0.900. The molecular weight excluding hydrogens is 276 g/mol. The molecule has 0 saturated heterocycles. The normalized spacial score (nSPS) is 26.9. The van der Waals surface area contributed by atoms with E-state index in [1.165, 1.54) is 0 Å². The lowest BCUT2D eigenvalue weighted by Crippen LogP contribution is -2.54. The van der Waals surface area contributed by atoms with Gasteiger partial charge in [-0.25, -0.2) is 0 Å². The van der Waals surface area contributed by atoms with Crippen LogP contribution in [-0.4, -0.2) is 11.8 Å². The second-order valence-electron chi connectivity index (χ2n) is 5.73. The van der Waals surface area contributed by atoms with Gasteiger partial charge in [-0.2, -0.15) is 0 Å². The van der Waals surface area contributed by atoms with Gasteiger partial charge in [0.25, 0.3) is 0 Å². The van der Waals surface area contributed by atoms with Crippen molar-refractivity contribution in [2.45, 2.75) is 11.8 Å². The molecule has 3 rings (SSSR count). The first-order chi connectivity index (χ1) is 10.6. The molecule has 0 aromatic heterocycles. The number of rotatable bonds is 4. The second kappa shape index (κ2) is 5.64. The number of carbonyl (C=O) groups is 2. The van der Waals surface area contributed by atoms with E-state index in [4.69, 9.17) is 11.5 Å². The Labute approximate surface area is 129 Å². The Morgan fingerprint density at radius 3 is 1.23 bits per heavy atom. The summed E-state index contributed by atoms with van der Waals surface area (Å²) in [6.45, 7) is 0. The first kappa shape index (κ1) is 14.3. The molecule has 2 aromatic rings. The summed E-state index contributed by atoms with van der Waals surface area (Å²) >= 11 is 0. The number of hydrogen-bond donors (Lipinski definition) is 2. The van der Waals surface area contributed by atoms with Crippen molar-refractivity contribution < 1.29 is 9.59 Å². The van der Waals surface area contributed by atoms with E-state index < -0.39 is 11.8 Å². The van der Waals surface area contributed by atoms with Gasteiger partial charge < -0.3 is 11.5 Å². The molecule has 2 aromatic carbocycles. The molecule has 0 spiro atoms. The minimum Gasteiger partial charge on any atom is -0.369 e. The molecular formula is C18H18N2O2. The maximum Gasteiger partial charge on any atom is 0.221 e. The van der Waals surface area contributed by atoms with E-state index in [0.717, 1.165) is 11.1 Å². The van der Waals surface area contributed by atoms with Gasteiger partial charge >= 0.3 is 0 Å². The topological polar surface area (TPSA) is 86.2 Å². The molecule has 0 radical (unpaired) electrons. The van der Waals surface area contributed by atoms with Crippen LogP contribution in [0.1, 0.15) is 23.0 Å². The fourth-order valence-electron chi connectivity index (χ4n) is 3.64. The lowest BCUT2D eigenvalue weighted by atomic mass is 9.52. The van der Waals surface area contributed by atoms with Gasteiger partial charge in [0.1, 0.15) is 0 Å². The zero-order chi connectivity index (χ0) is 15.7. The summed E-state index contributed by atoms with van der Waals surface area (Å²) in [6, 6.07) is 19.0. The van der Waals surface area contributed by atoms with Crippen molar-refractivity contribution in [3.05, 3.63) is 71.8 Å². The third kappa shape index (κ3) is 2.26. The molecule has 0 aliphatic heterocycles. The number of nitrogens with two attached hydrogens (primary N) is 2. The molecule has 4 heteroatoms. The molecule has 22 heavy (non-hydrogen) atoms. The molecule has 1 aliphatic rings. The van der Waals surface area contributed by atoms with Crippen LogP contribution in [0.25, 0.3) is 0 Å². The molecule has 0 unspecified atom stereocenters. The first-order valence-electron chi connectivity index (χ1n) is 7.29. The van der Waals surface area contributed by atoms with Crippen LogP contribution in [0, 0.1) is 11.8 Å². The van der Waals surface area contributed by atoms with Gasteiger partial charge in [-0.3, -0.25) is 9.59 Å². The zero-order valence-electron chi connectivity index (χ0n) is 12.1. The van der Waals surface area contributed by atoms with Crippen LogP contribution in [0.2, 0.25) is 0 Å². The Balaban J connectivity index is 2.04. The largest absolute Gasteiger partial charge is 0.369 e. The molecule has 1 fully saturated rings. The Bertz CT molecular complexity index is 615. The molecule has 1 saturated carbocycles. The predicted molar refractivity (Wildman–Crippen MR) is 83.7 cm³/mol. The molecule has 0 atom stereocenters. The van der Waals surface area contributed by atoms with Crippen LogP contribution in [0.4, 0.5) is 0 Å². The van der Waals surface area contributed by atoms with Crippen LogP contribution >= 0.6 is 0 Å². The number of primary amides is 2. The van der Waals surface area contributed by atoms with Gasteiger partial charge in [0.2, 0.25) is 11.8 Å². The monoisotopic (exact) mass is 294 g/mol. The standard InChI is InChI=1S/C18H18N2O2/c19-17(21)15-13(11-7-3-1-4-8-11)16(18(20)22)14(15)12-9-5-2-6-10-12/h1-10,13-16H,(H2,19,21)(H2,20,22). The summed E-state index contributed by atoms with van der Waals surface area (Å²) in [4.78, 5) is 24.0. The van der Waals surface area contributed by atoms with E-state index in [-0.39, 0.29) is 23.7 Å². The maximum absolute atomic E-state index is 12.0. The Hall–Kier alpha value is -2.62. The Morgan fingerprint density at radius 1 is 0.636 bits per heavy atom.